The molecule has 3 rings (SSSR count). The Balaban J connectivity index is 1.70. The lowest BCUT2D eigenvalue weighted by molar-refractivity contribution is -0.113. The van der Waals surface area contributed by atoms with Crippen LogP contribution in [0.4, 0.5) is 5.69 Å². The normalized spacial score (nSPS) is 13.7. The van der Waals surface area contributed by atoms with Gasteiger partial charge in [0.05, 0.1) is 0 Å². The third-order valence-corrected chi connectivity index (χ3v) is 4.99. The molecule has 0 unspecified atom stereocenters. The molecule has 2 amide bonds. The van der Waals surface area contributed by atoms with Gasteiger partial charge in [-0.25, -0.2) is 0 Å². The molecule has 0 spiro atoms. The molecular weight excluding hydrogens is 336 g/mol. The minimum atomic E-state index is -0.182. The topological polar surface area (TPSA) is 40.6 Å². The van der Waals surface area contributed by atoms with Gasteiger partial charge in [-0.2, -0.15) is 0 Å². The van der Waals surface area contributed by atoms with Crippen molar-refractivity contribution in [1.29, 1.82) is 0 Å². The van der Waals surface area contributed by atoms with Gasteiger partial charge < -0.3 is 9.80 Å². The van der Waals surface area contributed by atoms with Gasteiger partial charge >= 0.3 is 0 Å². The molecular formula is C23H24N2O2. The van der Waals surface area contributed by atoms with Crippen LogP contribution in [-0.4, -0.2) is 36.9 Å². The first-order chi connectivity index (χ1) is 13.0. The van der Waals surface area contributed by atoms with E-state index in [1.165, 1.54) is 27.7 Å². The molecule has 0 atom stereocenters. The molecule has 4 nitrogen and oxygen atoms in total. The molecule has 1 aliphatic rings. The average molecular weight is 360 g/mol. The Morgan fingerprint density at radius 2 is 1.81 bits per heavy atom. The molecule has 0 aliphatic carbocycles. The van der Waals surface area contributed by atoms with Gasteiger partial charge in [-0.05, 0) is 60.4 Å². The van der Waals surface area contributed by atoms with Gasteiger partial charge in [0.25, 0.3) is 5.91 Å². The summed E-state index contributed by atoms with van der Waals surface area (Å²) in [5.41, 5.74) is 5.20. The lowest BCUT2D eigenvalue weighted by atomic mass is 9.95. The Bertz CT molecular complexity index is 897. The van der Waals surface area contributed by atoms with Gasteiger partial charge in [0.15, 0.2) is 0 Å². The molecule has 2 aromatic carbocycles. The molecule has 0 bridgehead atoms. The molecule has 2 aromatic rings. The van der Waals surface area contributed by atoms with Crippen molar-refractivity contribution < 1.29 is 9.59 Å². The van der Waals surface area contributed by atoms with Crippen LogP contribution in [-0.2, 0) is 4.79 Å². The number of carbonyl (C=O) groups excluding carboxylic acids is 2. The van der Waals surface area contributed by atoms with Gasteiger partial charge in [-0.1, -0.05) is 36.9 Å². The minimum absolute atomic E-state index is 0.0133. The number of nitrogens with zero attached hydrogens (tertiary/aromatic N) is 2. The fraction of sp³-hybridized carbons (Fsp3) is 0.217. The zero-order valence-electron chi connectivity index (χ0n) is 15.8. The van der Waals surface area contributed by atoms with E-state index in [0.717, 1.165) is 12.1 Å². The third-order valence-electron chi connectivity index (χ3n) is 4.99. The zero-order chi connectivity index (χ0) is 19.4. The maximum atomic E-state index is 12.8. The summed E-state index contributed by atoms with van der Waals surface area (Å²) < 4.78 is 0. The van der Waals surface area contributed by atoms with Gasteiger partial charge in [-0.15, -0.1) is 0 Å². The molecule has 0 saturated heterocycles. The second kappa shape index (κ2) is 8.04. The predicted octanol–water partition coefficient (Wildman–Crippen LogP) is 4.07. The van der Waals surface area contributed by atoms with Crippen molar-refractivity contribution >= 4 is 23.1 Å². The summed E-state index contributed by atoms with van der Waals surface area (Å²) in [6.45, 7) is 6.92. The van der Waals surface area contributed by atoms with Crippen LogP contribution in [0.5, 0.6) is 0 Å². The first-order valence-electron chi connectivity index (χ1n) is 9.05. The molecule has 138 valence electrons. The zero-order valence-corrected chi connectivity index (χ0v) is 15.8. The quantitative estimate of drug-likeness (QED) is 0.771. The average Bonchev–Trinajstić information content (AvgIpc) is 2.73. The fourth-order valence-corrected chi connectivity index (χ4v) is 3.31. The molecule has 0 saturated carbocycles. The second-order valence-electron chi connectivity index (χ2n) is 6.69. The van der Waals surface area contributed by atoms with Crippen molar-refractivity contribution in [2.24, 2.45) is 0 Å². The third kappa shape index (κ3) is 4.00. The largest absolute Gasteiger partial charge is 0.335 e. The van der Waals surface area contributed by atoms with Crippen LogP contribution in [0.25, 0.3) is 5.57 Å². The van der Waals surface area contributed by atoms with Gasteiger partial charge in [0.2, 0.25) is 5.91 Å². The van der Waals surface area contributed by atoms with Crippen molar-refractivity contribution in [3.05, 3.63) is 84.0 Å². The number of hydrogen-bond donors (Lipinski definition) is 0. The van der Waals surface area contributed by atoms with E-state index >= 15 is 0 Å². The number of amides is 2. The highest BCUT2D eigenvalue weighted by atomic mass is 16.2. The highest BCUT2D eigenvalue weighted by Crippen LogP contribution is 2.26. The number of aryl methyl sites for hydroxylation is 1. The van der Waals surface area contributed by atoms with Gasteiger partial charge in [0.1, 0.15) is 0 Å². The first kappa shape index (κ1) is 18.6. The summed E-state index contributed by atoms with van der Waals surface area (Å²) in [6, 6.07) is 15.5. The maximum absolute atomic E-state index is 12.8. The standard InChI is InChI=1S/C23H24N2O2/c1-4-22(26)24(3)20-11-9-19(10-12-20)23(27)25-15-13-18(14-16-25)21-8-6-5-7-17(21)2/h4-13H,1,14-16H2,2-3H3. The number of likely N-dealkylation sites (N-methyl/N-ethyl adjacent to an activating group) is 1. The summed E-state index contributed by atoms with van der Waals surface area (Å²) in [4.78, 5) is 27.8. The van der Waals surface area contributed by atoms with E-state index in [0.29, 0.717) is 18.7 Å². The summed E-state index contributed by atoms with van der Waals surface area (Å²) in [5, 5.41) is 0. The molecule has 1 heterocycles. The summed E-state index contributed by atoms with van der Waals surface area (Å²) in [5.74, 6) is -0.168. The maximum Gasteiger partial charge on any atom is 0.254 e. The van der Waals surface area contributed by atoms with Crippen LogP contribution < -0.4 is 4.90 Å². The number of hydrogen-bond acceptors (Lipinski definition) is 2. The number of benzene rings is 2. The van der Waals surface area contributed by atoms with Gasteiger partial charge in [0, 0.05) is 31.4 Å². The van der Waals surface area contributed by atoms with E-state index in [1.807, 2.05) is 11.0 Å². The van der Waals surface area contributed by atoms with E-state index in [4.69, 9.17) is 0 Å². The molecule has 1 aliphatic heterocycles. The Kier molecular flexibility index (Phi) is 5.55. The highest BCUT2D eigenvalue weighted by molar-refractivity contribution is 6.01. The molecule has 0 N–H and O–H groups in total. The SMILES string of the molecule is C=CC(=O)N(C)c1ccc(C(=O)N2CC=C(c3ccccc3C)CC2)cc1. The van der Waals surface area contributed by atoms with E-state index < -0.39 is 0 Å². The van der Waals surface area contributed by atoms with Crippen molar-refractivity contribution in [2.75, 3.05) is 25.0 Å². The van der Waals surface area contributed by atoms with Crippen LogP contribution >= 0.6 is 0 Å². The Morgan fingerprint density at radius 1 is 1.11 bits per heavy atom. The van der Waals surface area contributed by atoms with Crippen LogP contribution in [0.1, 0.15) is 27.9 Å². The monoisotopic (exact) mass is 360 g/mol. The van der Waals surface area contributed by atoms with Gasteiger partial charge in [-0.3, -0.25) is 9.59 Å². The lowest BCUT2D eigenvalue weighted by Crippen LogP contribution is -2.34. The molecule has 4 heteroatoms. The molecule has 0 radical (unpaired) electrons. The predicted molar refractivity (Wildman–Crippen MR) is 110 cm³/mol. The van der Waals surface area contributed by atoms with Crippen LogP contribution in [0, 0.1) is 6.92 Å². The number of rotatable bonds is 4. The smallest absolute Gasteiger partial charge is 0.254 e. The van der Waals surface area contributed by atoms with E-state index in [1.54, 1.807) is 31.3 Å². The van der Waals surface area contributed by atoms with E-state index in [2.05, 4.69) is 37.8 Å². The van der Waals surface area contributed by atoms with Crippen LogP contribution in [0.15, 0.2) is 67.3 Å². The Morgan fingerprint density at radius 3 is 2.41 bits per heavy atom. The van der Waals surface area contributed by atoms with Crippen LogP contribution in [0.2, 0.25) is 0 Å². The first-order valence-corrected chi connectivity index (χ1v) is 9.05. The fourth-order valence-electron chi connectivity index (χ4n) is 3.31. The van der Waals surface area contributed by atoms with Crippen molar-refractivity contribution in [3.63, 3.8) is 0 Å². The molecule has 0 aromatic heterocycles. The van der Waals surface area contributed by atoms with E-state index in [-0.39, 0.29) is 11.8 Å². The summed E-state index contributed by atoms with van der Waals surface area (Å²) in [6.07, 6.45) is 4.27. The second-order valence-corrected chi connectivity index (χ2v) is 6.69. The Labute approximate surface area is 160 Å². The van der Waals surface area contributed by atoms with Crippen molar-refractivity contribution in [2.45, 2.75) is 13.3 Å². The lowest BCUT2D eigenvalue weighted by Gasteiger charge is -2.27. The molecule has 27 heavy (non-hydrogen) atoms. The van der Waals surface area contributed by atoms with Crippen LogP contribution in [0.3, 0.4) is 0 Å². The Hall–Kier alpha value is -3.14. The molecule has 0 fully saturated rings. The van der Waals surface area contributed by atoms with Crippen molar-refractivity contribution in [1.82, 2.24) is 4.90 Å². The summed E-state index contributed by atoms with van der Waals surface area (Å²) in [7, 11) is 1.68. The minimum Gasteiger partial charge on any atom is -0.335 e. The number of anilines is 1. The highest BCUT2D eigenvalue weighted by Gasteiger charge is 2.20. The van der Waals surface area contributed by atoms with Crippen molar-refractivity contribution in [3.8, 4) is 0 Å². The summed E-state index contributed by atoms with van der Waals surface area (Å²) >= 11 is 0. The number of carbonyl (C=O) groups is 2. The van der Waals surface area contributed by atoms with E-state index in [9.17, 15) is 9.59 Å².